The number of benzene rings is 1. The number of nitrogens with zero attached hydrogens (tertiary/aromatic N) is 2. The van der Waals surface area contributed by atoms with E-state index in [0.717, 1.165) is 0 Å². The van der Waals surface area contributed by atoms with Crippen molar-refractivity contribution in [2.24, 2.45) is 0 Å². The first-order valence-electron chi connectivity index (χ1n) is 10.1. The lowest BCUT2D eigenvalue weighted by molar-refractivity contribution is 0.0507. The van der Waals surface area contributed by atoms with Crippen LogP contribution in [0.5, 0.6) is 0 Å². The first-order valence-corrected chi connectivity index (χ1v) is 10.1. The highest BCUT2D eigenvalue weighted by atomic mass is 16.6. The van der Waals surface area contributed by atoms with Crippen LogP contribution in [-0.4, -0.2) is 65.0 Å². The van der Waals surface area contributed by atoms with Gasteiger partial charge >= 0.3 is 12.1 Å². The summed E-state index contributed by atoms with van der Waals surface area (Å²) >= 11 is 0. The van der Waals surface area contributed by atoms with E-state index >= 15 is 0 Å². The molecule has 2 heterocycles. The molecule has 9 heteroatoms. The second kappa shape index (κ2) is 8.33. The van der Waals surface area contributed by atoms with Gasteiger partial charge in [-0.25, -0.2) is 9.59 Å². The van der Waals surface area contributed by atoms with Gasteiger partial charge in [0.05, 0.1) is 17.7 Å². The molecule has 1 aromatic rings. The van der Waals surface area contributed by atoms with E-state index in [1.54, 1.807) is 44.7 Å². The molecule has 2 N–H and O–H groups in total. The Morgan fingerprint density at radius 1 is 1.10 bits per heavy atom. The average Bonchev–Trinajstić information content (AvgIpc) is 2.92. The lowest BCUT2D eigenvalue weighted by atomic mass is 10.1. The number of amides is 5. The summed E-state index contributed by atoms with van der Waals surface area (Å²) in [6, 6.07) is 4.25. The van der Waals surface area contributed by atoms with Crippen LogP contribution in [0, 0.1) is 0 Å². The maximum atomic E-state index is 12.7. The third-order valence-corrected chi connectivity index (χ3v) is 5.17. The molecule has 5 amide bonds. The highest BCUT2D eigenvalue weighted by Crippen LogP contribution is 2.30. The fourth-order valence-corrected chi connectivity index (χ4v) is 3.70. The van der Waals surface area contributed by atoms with Crippen LogP contribution in [0.25, 0.3) is 0 Å². The van der Waals surface area contributed by atoms with Gasteiger partial charge in [-0.15, -0.1) is 0 Å². The Balaban J connectivity index is 1.58. The van der Waals surface area contributed by atoms with Gasteiger partial charge in [-0.1, -0.05) is 0 Å². The number of nitrogens with one attached hydrogen (secondary N) is 2. The Bertz CT molecular complexity index is 869. The third-order valence-electron chi connectivity index (χ3n) is 5.17. The molecule has 1 fully saturated rings. The number of hydrogen-bond acceptors (Lipinski definition) is 5. The van der Waals surface area contributed by atoms with Gasteiger partial charge in [-0.3, -0.25) is 14.5 Å². The fourth-order valence-electron chi connectivity index (χ4n) is 3.70. The number of hydrogen-bond donors (Lipinski definition) is 2. The standard InChI is InChI=1S/C21H28N4O5/c1-5-30-20(29)24-10-8-13(9-11-24)22-19(28)23-14-6-7-15-16(12-14)18(27)25(17(15)26)21(2,3)4/h6-7,12-13H,5,8-11H2,1-4H3,(H2,22,23,28). The molecule has 0 saturated carbocycles. The first-order chi connectivity index (χ1) is 14.1. The Morgan fingerprint density at radius 3 is 2.33 bits per heavy atom. The normalized spacial score (nSPS) is 17.1. The van der Waals surface area contributed by atoms with Crippen LogP contribution in [-0.2, 0) is 4.74 Å². The van der Waals surface area contributed by atoms with Gasteiger partial charge in [0.2, 0.25) is 0 Å². The smallest absolute Gasteiger partial charge is 0.409 e. The van der Waals surface area contributed by atoms with Crippen molar-refractivity contribution in [2.75, 3.05) is 25.0 Å². The topological polar surface area (TPSA) is 108 Å². The molecule has 0 atom stereocenters. The minimum Gasteiger partial charge on any atom is -0.450 e. The lowest BCUT2D eigenvalue weighted by Gasteiger charge is -2.31. The number of likely N-dealkylation sites (tertiary alicyclic amines) is 1. The summed E-state index contributed by atoms with van der Waals surface area (Å²) in [5, 5.41) is 5.61. The van der Waals surface area contributed by atoms with E-state index in [-0.39, 0.29) is 29.5 Å². The van der Waals surface area contributed by atoms with Crippen LogP contribution >= 0.6 is 0 Å². The molecule has 0 bridgehead atoms. The van der Waals surface area contributed by atoms with Crippen molar-refractivity contribution in [3.63, 3.8) is 0 Å². The Kier molecular flexibility index (Phi) is 6.00. The number of urea groups is 1. The van der Waals surface area contributed by atoms with Gasteiger partial charge in [0, 0.05) is 30.4 Å². The van der Waals surface area contributed by atoms with E-state index in [4.69, 9.17) is 4.74 Å². The summed E-state index contributed by atoms with van der Waals surface area (Å²) in [5.41, 5.74) is 0.436. The molecule has 0 aromatic heterocycles. The van der Waals surface area contributed by atoms with E-state index in [1.807, 2.05) is 0 Å². The van der Waals surface area contributed by atoms with E-state index in [9.17, 15) is 19.2 Å². The zero-order valence-corrected chi connectivity index (χ0v) is 17.8. The van der Waals surface area contributed by atoms with Crippen LogP contribution in [0.4, 0.5) is 15.3 Å². The molecule has 0 unspecified atom stereocenters. The number of carbonyl (C=O) groups is 4. The van der Waals surface area contributed by atoms with Gasteiger partial charge in [-0.05, 0) is 58.7 Å². The number of rotatable bonds is 3. The second-order valence-corrected chi connectivity index (χ2v) is 8.44. The van der Waals surface area contributed by atoms with Crippen molar-refractivity contribution in [3.8, 4) is 0 Å². The molecule has 0 aliphatic carbocycles. The van der Waals surface area contributed by atoms with Crippen molar-refractivity contribution in [1.82, 2.24) is 15.1 Å². The zero-order valence-electron chi connectivity index (χ0n) is 17.8. The van der Waals surface area contributed by atoms with Gasteiger partial charge in [0.15, 0.2) is 0 Å². The van der Waals surface area contributed by atoms with Crippen molar-refractivity contribution in [1.29, 1.82) is 0 Å². The molecule has 0 radical (unpaired) electrons. The zero-order chi connectivity index (χ0) is 22.1. The number of carbonyl (C=O) groups excluding carboxylic acids is 4. The maximum Gasteiger partial charge on any atom is 0.409 e. The second-order valence-electron chi connectivity index (χ2n) is 8.44. The molecule has 2 aliphatic heterocycles. The largest absolute Gasteiger partial charge is 0.450 e. The molecule has 30 heavy (non-hydrogen) atoms. The number of piperidine rings is 1. The number of ether oxygens (including phenoxy) is 1. The molecule has 2 aliphatic rings. The Hall–Kier alpha value is -3.10. The first kappa shape index (κ1) is 21.6. The number of anilines is 1. The van der Waals surface area contributed by atoms with Crippen LogP contribution in [0.1, 0.15) is 61.3 Å². The van der Waals surface area contributed by atoms with Crippen molar-refractivity contribution in [2.45, 2.75) is 52.1 Å². The predicted molar refractivity (Wildman–Crippen MR) is 110 cm³/mol. The Labute approximate surface area is 175 Å². The van der Waals surface area contributed by atoms with Crippen LogP contribution in [0.2, 0.25) is 0 Å². The molecule has 3 rings (SSSR count). The summed E-state index contributed by atoms with van der Waals surface area (Å²) in [4.78, 5) is 52.2. The SMILES string of the molecule is CCOC(=O)N1CCC(NC(=O)Nc2ccc3c(c2)C(=O)N(C(C)(C)C)C3=O)CC1. The minimum absolute atomic E-state index is 0.0651. The van der Waals surface area contributed by atoms with Gasteiger partial charge < -0.3 is 20.3 Å². The van der Waals surface area contributed by atoms with Crippen molar-refractivity contribution >= 4 is 29.6 Å². The summed E-state index contributed by atoms with van der Waals surface area (Å²) in [5.74, 6) is -0.690. The summed E-state index contributed by atoms with van der Waals surface area (Å²) in [6.07, 6.45) is 0.926. The fraction of sp³-hybridized carbons (Fsp3) is 0.524. The molecule has 9 nitrogen and oxygen atoms in total. The quantitative estimate of drug-likeness (QED) is 0.737. The highest BCUT2D eigenvalue weighted by molar-refractivity contribution is 6.22. The van der Waals surface area contributed by atoms with E-state index in [1.165, 1.54) is 11.0 Å². The minimum atomic E-state index is -0.628. The molecule has 0 spiro atoms. The van der Waals surface area contributed by atoms with Crippen LogP contribution in [0.15, 0.2) is 18.2 Å². The summed E-state index contributed by atoms with van der Waals surface area (Å²) in [6.45, 7) is 8.53. The van der Waals surface area contributed by atoms with E-state index in [2.05, 4.69) is 10.6 Å². The van der Waals surface area contributed by atoms with E-state index in [0.29, 0.717) is 43.8 Å². The maximum absolute atomic E-state index is 12.7. The molecule has 1 aromatic carbocycles. The average molecular weight is 416 g/mol. The predicted octanol–water partition coefficient (Wildman–Crippen LogP) is 2.82. The molecule has 1 saturated heterocycles. The van der Waals surface area contributed by atoms with Crippen LogP contribution in [0.3, 0.4) is 0 Å². The highest BCUT2D eigenvalue weighted by Gasteiger charge is 2.41. The van der Waals surface area contributed by atoms with Crippen molar-refractivity contribution in [3.05, 3.63) is 29.3 Å². The molecular formula is C21H28N4O5. The number of imide groups is 1. The summed E-state index contributed by atoms with van der Waals surface area (Å²) in [7, 11) is 0. The summed E-state index contributed by atoms with van der Waals surface area (Å²) < 4.78 is 4.99. The molecule has 162 valence electrons. The Morgan fingerprint density at radius 2 is 1.73 bits per heavy atom. The monoisotopic (exact) mass is 416 g/mol. The lowest BCUT2D eigenvalue weighted by Crippen LogP contribution is -2.47. The number of fused-ring (bicyclic) bond motifs is 1. The third kappa shape index (κ3) is 4.39. The van der Waals surface area contributed by atoms with Gasteiger partial charge in [0.1, 0.15) is 0 Å². The van der Waals surface area contributed by atoms with Gasteiger partial charge in [0.25, 0.3) is 11.8 Å². The molecular weight excluding hydrogens is 388 g/mol. The van der Waals surface area contributed by atoms with Gasteiger partial charge in [-0.2, -0.15) is 0 Å². The van der Waals surface area contributed by atoms with Crippen molar-refractivity contribution < 1.29 is 23.9 Å². The van der Waals surface area contributed by atoms with Crippen LogP contribution < -0.4 is 10.6 Å². The van der Waals surface area contributed by atoms with E-state index < -0.39 is 11.6 Å².